The SMILES string of the molecule is CSc1cccc(N(C)CC2CCCCC2)c1C(=N)N. The molecule has 0 radical (unpaired) electrons. The molecule has 20 heavy (non-hydrogen) atoms. The zero-order valence-corrected chi connectivity index (χ0v) is 13.3. The molecule has 1 fully saturated rings. The molecule has 0 aromatic heterocycles. The van der Waals surface area contributed by atoms with Gasteiger partial charge in [0.2, 0.25) is 0 Å². The lowest BCUT2D eigenvalue weighted by Gasteiger charge is -2.30. The van der Waals surface area contributed by atoms with Crippen LogP contribution in [0.5, 0.6) is 0 Å². The van der Waals surface area contributed by atoms with Gasteiger partial charge in [0, 0.05) is 24.2 Å². The molecule has 0 atom stereocenters. The third-order valence-corrected chi connectivity index (χ3v) is 4.94. The molecule has 0 amide bonds. The van der Waals surface area contributed by atoms with Gasteiger partial charge in [-0.15, -0.1) is 11.8 Å². The largest absolute Gasteiger partial charge is 0.384 e. The number of anilines is 1. The van der Waals surface area contributed by atoms with E-state index in [0.29, 0.717) is 0 Å². The van der Waals surface area contributed by atoms with Crippen LogP contribution in [-0.4, -0.2) is 25.7 Å². The first-order chi connectivity index (χ1) is 9.63. The fraction of sp³-hybridized carbons (Fsp3) is 0.562. The summed E-state index contributed by atoms with van der Waals surface area (Å²) in [5.41, 5.74) is 7.79. The predicted molar refractivity (Wildman–Crippen MR) is 89.1 cm³/mol. The molecule has 4 heteroatoms. The number of amidine groups is 1. The van der Waals surface area contributed by atoms with Gasteiger partial charge in [0.15, 0.2) is 0 Å². The number of nitrogen functional groups attached to an aromatic ring is 1. The van der Waals surface area contributed by atoms with Crippen molar-refractivity contribution in [2.24, 2.45) is 11.7 Å². The summed E-state index contributed by atoms with van der Waals surface area (Å²) in [6.45, 7) is 1.07. The van der Waals surface area contributed by atoms with E-state index in [2.05, 4.69) is 24.1 Å². The monoisotopic (exact) mass is 291 g/mol. The van der Waals surface area contributed by atoms with Crippen molar-refractivity contribution in [3.05, 3.63) is 23.8 Å². The average Bonchev–Trinajstić information content (AvgIpc) is 2.47. The van der Waals surface area contributed by atoms with Crippen LogP contribution >= 0.6 is 11.8 Å². The molecule has 0 heterocycles. The molecule has 2 rings (SSSR count). The number of rotatable bonds is 5. The highest BCUT2D eigenvalue weighted by atomic mass is 32.2. The molecule has 0 aliphatic heterocycles. The summed E-state index contributed by atoms with van der Waals surface area (Å²) in [5, 5.41) is 7.87. The summed E-state index contributed by atoms with van der Waals surface area (Å²) >= 11 is 1.65. The summed E-state index contributed by atoms with van der Waals surface area (Å²) in [6, 6.07) is 6.18. The Hall–Kier alpha value is -1.16. The summed E-state index contributed by atoms with van der Waals surface area (Å²) in [7, 11) is 2.13. The standard InChI is InChI=1S/C16H25N3S/c1-19(11-12-7-4-3-5-8-12)13-9-6-10-14(20-2)15(13)16(17)18/h6,9-10,12H,3-5,7-8,11H2,1-2H3,(H3,17,18). The van der Waals surface area contributed by atoms with Gasteiger partial charge in [-0.2, -0.15) is 0 Å². The van der Waals surface area contributed by atoms with Crippen molar-refractivity contribution < 1.29 is 0 Å². The number of nitrogens with two attached hydrogens (primary N) is 1. The summed E-state index contributed by atoms with van der Waals surface area (Å²) in [6.07, 6.45) is 8.82. The fourth-order valence-electron chi connectivity index (χ4n) is 3.13. The Kier molecular flexibility index (Phi) is 5.35. The van der Waals surface area contributed by atoms with Crippen molar-refractivity contribution in [3.8, 4) is 0 Å². The highest BCUT2D eigenvalue weighted by Crippen LogP contribution is 2.31. The molecule has 0 bridgehead atoms. The first kappa shape index (κ1) is 15.2. The van der Waals surface area contributed by atoms with Crippen molar-refractivity contribution in [2.45, 2.75) is 37.0 Å². The van der Waals surface area contributed by atoms with Crippen LogP contribution < -0.4 is 10.6 Å². The third-order valence-electron chi connectivity index (χ3n) is 4.16. The molecule has 3 nitrogen and oxygen atoms in total. The molecule has 1 saturated carbocycles. The van der Waals surface area contributed by atoms with Crippen molar-refractivity contribution in [1.82, 2.24) is 0 Å². The second-order valence-electron chi connectivity index (χ2n) is 5.65. The van der Waals surface area contributed by atoms with Gasteiger partial charge >= 0.3 is 0 Å². The van der Waals surface area contributed by atoms with Gasteiger partial charge in [0.05, 0.1) is 5.56 Å². The first-order valence-corrected chi connectivity index (χ1v) is 8.58. The molecule has 1 aliphatic carbocycles. The zero-order valence-electron chi connectivity index (χ0n) is 12.5. The molecule has 1 aliphatic rings. The third kappa shape index (κ3) is 3.48. The molecule has 0 spiro atoms. The van der Waals surface area contributed by atoms with E-state index in [9.17, 15) is 0 Å². The maximum Gasteiger partial charge on any atom is 0.126 e. The smallest absolute Gasteiger partial charge is 0.126 e. The van der Waals surface area contributed by atoms with Crippen LogP contribution in [0.4, 0.5) is 5.69 Å². The van der Waals surface area contributed by atoms with E-state index < -0.39 is 0 Å². The van der Waals surface area contributed by atoms with Crippen LogP contribution in [0.3, 0.4) is 0 Å². The number of hydrogen-bond acceptors (Lipinski definition) is 3. The first-order valence-electron chi connectivity index (χ1n) is 7.36. The highest BCUT2D eigenvalue weighted by Gasteiger charge is 2.19. The van der Waals surface area contributed by atoms with Crippen LogP contribution in [0.1, 0.15) is 37.7 Å². The topological polar surface area (TPSA) is 53.1 Å². The molecular weight excluding hydrogens is 266 g/mol. The second kappa shape index (κ2) is 7.02. The quantitative estimate of drug-likeness (QED) is 0.494. The van der Waals surface area contributed by atoms with Crippen molar-refractivity contribution in [3.63, 3.8) is 0 Å². The zero-order chi connectivity index (χ0) is 14.5. The van der Waals surface area contributed by atoms with Crippen LogP contribution in [0, 0.1) is 11.3 Å². The van der Waals surface area contributed by atoms with Gasteiger partial charge in [-0.05, 0) is 37.1 Å². The second-order valence-corrected chi connectivity index (χ2v) is 6.50. The normalized spacial score (nSPS) is 16.1. The van der Waals surface area contributed by atoms with E-state index in [0.717, 1.165) is 28.6 Å². The van der Waals surface area contributed by atoms with Gasteiger partial charge in [0.1, 0.15) is 5.84 Å². The Balaban J connectivity index is 2.19. The van der Waals surface area contributed by atoms with E-state index >= 15 is 0 Å². The van der Waals surface area contributed by atoms with E-state index in [1.165, 1.54) is 32.1 Å². The fourth-order valence-corrected chi connectivity index (χ4v) is 3.77. The van der Waals surface area contributed by atoms with Gasteiger partial charge < -0.3 is 10.6 Å². The van der Waals surface area contributed by atoms with Crippen LogP contribution in [0.25, 0.3) is 0 Å². The Morgan fingerprint density at radius 3 is 2.65 bits per heavy atom. The highest BCUT2D eigenvalue weighted by molar-refractivity contribution is 7.98. The Morgan fingerprint density at radius 2 is 2.05 bits per heavy atom. The molecule has 0 unspecified atom stereocenters. The summed E-state index contributed by atoms with van der Waals surface area (Å²) in [4.78, 5) is 3.37. The van der Waals surface area contributed by atoms with E-state index in [-0.39, 0.29) is 5.84 Å². The van der Waals surface area contributed by atoms with Crippen molar-refractivity contribution >= 4 is 23.3 Å². The Labute approximate surface area is 126 Å². The lowest BCUT2D eigenvalue weighted by molar-refractivity contribution is 0.362. The minimum Gasteiger partial charge on any atom is -0.384 e. The summed E-state index contributed by atoms with van der Waals surface area (Å²) in [5.74, 6) is 0.951. The minimum absolute atomic E-state index is 0.167. The molecule has 110 valence electrons. The maximum absolute atomic E-state index is 7.87. The minimum atomic E-state index is 0.167. The average molecular weight is 291 g/mol. The lowest BCUT2D eigenvalue weighted by atomic mass is 9.89. The number of benzene rings is 1. The molecular formula is C16H25N3S. The lowest BCUT2D eigenvalue weighted by Crippen LogP contribution is -2.29. The maximum atomic E-state index is 7.87. The molecule has 1 aromatic carbocycles. The number of nitrogens with one attached hydrogen (secondary N) is 1. The van der Waals surface area contributed by atoms with Crippen LogP contribution in [0.15, 0.2) is 23.1 Å². The number of nitrogens with zero attached hydrogens (tertiary/aromatic N) is 1. The summed E-state index contributed by atoms with van der Waals surface area (Å²) < 4.78 is 0. The van der Waals surface area contributed by atoms with Gasteiger partial charge in [-0.3, -0.25) is 5.41 Å². The van der Waals surface area contributed by atoms with Gasteiger partial charge in [-0.25, -0.2) is 0 Å². The van der Waals surface area contributed by atoms with Crippen LogP contribution in [0.2, 0.25) is 0 Å². The number of thioether (sulfide) groups is 1. The van der Waals surface area contributed by atoms with Gasteiger partial charge in [0.25, 0.3) is 0 Å². The predicted octanol–water partition coefficient (Wildman–Crippen LogP) is 3.71. The van der Waals surface area contributed by atoms with Crippen molar-refractivity contribution in [1.29, 1.82) is 5.41 Å². The molecule has 0 saturated heterocycles. The number of hydrogen-bond donors (Lipinski definition) is 2. The van der Waals surface area contributed by atoms with E-state index in [1.54, 1.807) is 11.8 Å². The van der Waals surface area contributed by atoms with E-state index in [1.807, 2.05) is 12.3 Å². The van der Waals surface area contributed by atoms with Crippen LogP contribution in [-0.2, 0) is 0 Å². The van der Waals surface area contributed by atoms with E-state index in [4.69, 9.17) is 11.1 Å². The Morgan fingerprint density at radius 1 is 1.35 bits per heavy atom. The molecule has 1 aromatic rings. The molecule has 3 N–H and O–H groups in total. The van der Waals surface area contributed by atoms with Gasteiger partial charge in [-0.1, -0.05) is 25.3 Å². The van der Waals surface area contributed by atoms with Crippen molar-refractivity contribution in [2.75, 3.05) is 24.7 Å². The Bertz CT molecular complexity index is 467.